The van der Waals surface area contributed by atoms with E-state index in [-0.39, 0.29) is 24.0 Å². The van der Waals surface area contributed by atoms with E-state index in [1.165, 1.54) is 5.69 Å². The first-order valence-corrected chi connectivity index (χ1v) is 11.3. The summed E-state index contributed by atoms with van der Waals surface area (Å²) in [4.78, 5) is 9.56. The fourth-order valence-corrected chi connectivity index (χ4v) is 3.97. The molecule has 0 unspecified atom stereocenters. The third-order valence-electron chi connectivity index (χ3n) is 5.49. The molecule has 2 saturated heterocycles. The average Bonchev–Trinajstić information content (AvgIpc) is 2.76. The van der Waals surface area contributed by atoms with Crippen molar-refractivity contribution in [3.63, 3.8) is 0 Å². The van der Waals surface area contributed by atoms with E-state index in [0.29, 0.717) is 5.92 Å². The van der Waals surface area contributed by atoms with Crippen molar-refractivity contribution in [1.82, 2.24) is 10.2 Å². The number of guanidine groups is 1. The van der Waals surface area contributed by atoms with Crippen molar-refractivity contribution < 1.29 is 9.47 Å². The number of piperazine rings is 1. The number of nitrogens with one attached hydrogen (secondary N) is 1. The number of hydrogen-bond acceptors (Lipinski definition) is 4. The van der Waals surface area contributed by atoms with E-state index in [2.05, 4.69) is 28.1 Å². The highest BCUT2D eigenvalue weighted by Crippen LogP contribution is 2.20. The van der Waals surface area contributed by atoms with E-state index in [1.807, 2.05) is 18.2 Å². The monoisotopic (exact) mass is 550 g/mol. The second kappa shape index (κ2) is 14.3. The third kappa shape index (κ3) is 8.40. The lowest BCUT2D eigenvalue weighted by atomic mass is 10.0. The molecular formula is C22H36ClIN4O2. The van der Waals surface area contributed by atoms with E-state index in [9.17, 15) is 0 Å². The number of rotatable bonds is 8. The minimum Gasteiger partial charge on any atom is -0.381 e. The maximum atomic E-state index is 6.14. The SMILES string of the molecule is CCNC(=NCCCOCC1CCOCC1)N1CCN(c2cccc(Cl)c2)CC1.I. The summed E-state index contributed by atoms with van der Waals surface area (Å²) in [5.41, 5.74) is 1.20. The number of ether oxygens (including phenoxy) is 2. The van der Waals surface area contributed by atoms with Gasteiger partial charge in [0.25, 0.3) is 0 Å². The Morgan fingerprint density at radius 1 is 1.23 bits per heavy atom. The lowest BCUT2D eigenvalue weighted by Gasteiger charge is -2.37. The molecule has 170 valence electrons. The molecule has 3 rings (SSSR count). The van der Waals surface area contributed by atoms with Crippen molar-refractivity contribution in [2.75, 3.05) is 70.6 Å². The van der Waals surface area contributed by atoms with Crippen molar-refractivity contribution in [2.24, 2.45) is 10.9 Å². The van der Waals surface area contributed by atoms with Crippen LogP contribution in [0.25, 0.3) is 0 Å². The molecule has 2 aliphatic heterocycles. The summed E-state index contributed by atoms with van der Waals surface area (Å²) in [6.07, 6.45) is 3.22. The van der Waals surface area contributed by atoms with Crippen molar-refractivity contribution in [3.05, 3.63) is 29.3 Å². The molecule has 1 aromatic rings. The molecule has 0 amide bonds. The van der Waals surface area contributed by atoms with Gasteiger partial charge >= 0.3 is 0 Å². The maximum absolute atomic E-state index is 6.14. The molecule has 0 atom stereocenters. The zero-order valence-electron chi connectivity index (χ0n) is 18.0. The van der Waals surface area contributed by atoms with Crippen molar-refractivity contribution in [1.29, 1.82) is 0 Å². The van der Waals surface area contributed by atoms with Gasteiger partial charge in [-0.2, -0.15) is 0 Å². The van der Waals surface area contributed by atoms with Crippen LogP contribution in [-0.2, 0) is 9.47 Å². The largest absolute Gasteiger partial charge is 0.381 e. The van der Waals surface area contributed by atoms with Crippen LogP contribution in [0.15, 0.2) is 29.3 Å². The van der Waals surface area contributed by atoms with Crippen LogP contribution < -0.4 is 10.2 Å². The van der Waals surface area contributed by atoms with E-state index < -0.39 is 0 Å². The number of aliphatic imine (C=N–C) groups is 1. The summed E-state index contributed by atoms with van der Waals surface area (Å²) in [5.74, 6) is 1.68. The number of halogens is 2. The van der Waals surface area contributed by atoms with Crippen LogP contribution in [0.4, 0.5) is 5.69 Å². The quantitative estimate of drug-likeness (QED) is 0.230. The number of anilines is 1. The number of benzene rings is 1. The molecular weight excluding hydrogens is 515 g/mol. The van der Waals surface area contributed by atoms with Crippen LogP contribution in [0, 0.1) is 5.92 Å². The van der Waals surface area contributed by atoms with Crippen LogP contribution in [0.1, 0.15) is 26.2 Å². The van der Waals surface area contributed by atoms with Crippen LogP contribution in [0.5, 0.6) is 0 Å². The van der Waals surface area contributed by atoms with Gasteiger partial charge in [0.2, 0.25) is 0 Å². The Labute approximate surface area is 203 Å². The summed E-state index contributed by atoms with van der Waals surface area (Å²) in [6, 6.07) is 8.10. The van der Waals surface area contributed by atoms with Gasteiger partial charge in [0.15, 0.2) is 5.96 Å². The van der Waals surface area contributed by atoms with Gasteiger partial charge in [-0.25, -0.2) is 0 Å². The van der Waals surface area contributed by atoms with Crippen LogP contribution in [0.3, 0.4) is 0 Å². The second-order valence-electron chi connectivity index (χ2n) is 7.67. The van der Waals surface area contributed by atoms with Gasteiger partial charge in [0.1, 0.15) is 0 Å². The summed E-state index contributed by atoms with van der Waals surface area (Å²) < 4.78 is 11.3. The Morgan fingerprint density at radius 2 is 2.00 bits per heavy atom. The predicted octanol–water partition coefficient (Wildman–Crippen LogP) is 3.88. The molecule has 2 aliphatic rings. The minimum atomic E-state index is 0. The highest BCUT2D eigenvalue weighted by atomic mass is 127. The predicted molar refractivity (Wildman–Crippen MR) is 136 cm³/mol. The van der Waals surface area contributed by atoms with Crippen LogP contribution in [-0.4, -0.2) is 76.6 Å². The fourth-order valence-electron chi connectivity index (χ4n) is 3.79. The average molecular weight is 551 g/mol. The lowest BCUT2D eigenvalue weighted by Crippen LogP contribution is -2.52. The molecule has 0 aliphatic carbocycles. The molecule has 30 heavy (non-hydrogen) atoms. The van der Waals surface area contributed by atoms with Gasteiger partial charge in [-0.1, -0.05) is 17.7 Å². The van der Waals surface area contributed by atoms with E-state index in [0.717, 1.165) is 95.9 Å². The molecule has 0 saturated carbocycles. The van der Waals surface area contributed by atoms with Gasteiger partial charge in [-0.15, -0.1) is 24.0 Å². The number of nitrogens with zero attached hydrogens (tertiary/aromatic N) is 3. The molecule has 0 aromatic heterocycles. The van der Waals surface area contributed by atoms with E-state index in [1.54, 1.807) is 0 Å². The lowest BCUT2D eigenvalue weighted by molar-refractivity contribution is 0.0205. The standard InChI is InChI=1S/C22H35ClN4O2.HI/c1-2-24-22(25-9-4-14-29-18-19-7-15-28-16-8-19)27-12-10-26(11-13-27)21-6-3-5-20(23)17-21;/h3,5-6,17,19H,2,4,7-16,18H2,1H3,(H,24,25);1H. The van der Waals surface area contributed by atoms with Gasteiger partial charge < -0.3 is 24.6 Å². The van der Waals surface area contributed by atoms with Crippen LogP contribution >= 0.6 is 35.6 Å². The fraction of sp³-hybridized carbons (Fsp3) is 0.682. The highest BCUT2D eigenvalue weighted by Gasteiger charge is 2.20. The first-order chi connectivity index (χ1) is 14.3. The summed E-state index contributed by atoms with van der Waals surface area (Å²) in [5, 5.41) is 4.23. The first-order valence-electron chi connectivity index (χ1n) is 11.0. The molecule has 2 heterocycles. The zero-order valence-corrected chi connectivity index (χ0v) is 21.1. The molecule has 0 spiro atoms. The second-order valence-corrected chi connectivity index (χ2v) is 8.11. The molecule has 1 aromatic carbocycles. The molecule has 0 radical (unpaired) electrons. The van der Waals surface area contributed by atoms with Crippen molar-refractivity contribution in [3.8, 4) is 0 Å². The first kappa shape index (κ1) is 25.5. The normalized spacial score (nSPS) is 18.3. The van der Waals surface area contributed by atoms with Gasteiger partial charge in [0.05, 0.1) is 0 Å². The third-order valence-corrected chi connectivity index (χ3v) is 5.73. The Hall–Kier alpha value is -0.770. The molecule has 2 fully saturated rings. The van der Waals surface area contributed by atoms with E-state index in [4.69, 9.17) is 26.1 Å². The topological polar surface area (TPSA) is 49.3 Å². The van der Waals surface area contributed by atoms with Crippen molar-refractivity contribution >= 4 is 47.2 Å². The Bertz CT molecular complexity index is 635. The van der Waals surface area contributed by atoms with Gasteiger partial charge in [-0.05, 0) is 50.3 Å². The molecule has 1 N–H and O–H groups in total. The van der Waals surface area contributed by atoms with Crippen LogP contribution in [0.2, 0.25) is 5.02 Å². The maximum Gasteiger partial charge on any atom is 0.194 e. The Kier molecular flexibility index (Phi) is 12.2. The van der Waals surface area contributed by atoms with Crippen molar-refractivity contribution in [2.45, 2.75) is 26.2 Å². The number of hydrogen-bond donors (Lipinski definition) is 1. The highest BCUT2D eigenvalue weighted by molar-refractivity contribution is 14.0. The molecule has 6 nitrogen and oxygen atoms in total. The zero-order chi connectivity index (χ0) is 20.3. The van der Waals surface area contributed by atoms with Gasteiger partial charge in [0, 0.05) is 76.4 Å². The summed E-state index contributed by atoms with van der Waals surface area (Å²) >= 11 is 6.14. The summed E-state index contributed by atoms with van der Waals surface area (Å²) in [6.45, 7) is 11.1. The minimum absolute atomic E-state index is 0. The smallest absolute Gasteiger partial charge is 0.194 e. The summed E-state index contributed by atoms with van der Waals surface area (Å²) in [7, 11) is 0. The molecule has 0 bridgehead atoms. The Morgan fingerprint density at radius 3 is 2.70 bits per heavy atom. The molecule has 8 heteroatoms. The van der Waals surface area contributed by atoms with E-state index >= 15 is 0 Å². The van der Waals surface area contributed by atoms with Gasteiger partial charge in [-0.3, -0.25) is 4.99 Å². The Balaban J connectivity index is 0.00000320.